The Labute approximate surface area is 259 Å². The number of carboxylic acids is 2. The van der Waals surface area contributed by atoms with Crippen LogP contribution in [0.25, 0.3) is 21.0 Å². The third kappa shape index (κ3) is 7.11. The van der Waals surface area contributed by atoms with Crippen LogP contribution in [0.5, 0.6) is 23.0 Å². The number of methoxy groups -OCH3 is 2. The fraction of sp³-hybridized carbons (Fsp3) is 0.323. The minimum absolute atomic E-state index is 0.0218. The smallest absolute Gasteiger partial charge is 0.309 e. The second-order valence-electron chi connectivity index (χ2n) is 10.5. The molecule has 0 aliphatic rings. The molecule has 0 spiro atoms. The molecule has 238 valence electrons. The van der Waals surface area contributed by atoms with Gasteiger partial charge in [-0.05, 0) is 32.0 Å². The number of hydrogen-bond acceptors (Lipinski definition) is 10. The summed E-state index contributed by atoms with van der Waals surface area (Å²) < 4.78 is 53.1. The van der Waals surface area contributed by atoms with E-state index >= 15 is 8.78 Å². The molecule has 0 atom stereocenters. The summed E-state index contributed by atoms with van der Waals surface area (Å²) >= 11 is 1.00. The van der Waals surface area contributed by atoms with Gasteiger partial charge in [-0.25, -0.2) is 13.8 Å². The zero-order valence-electron chi connectivity index (χ0n) is 24.7. The van der Waals surface area contributed by atoms with Crippen molar-refractivity contribution in [3.05, 3.63) is 52.5 Å². The first-order chi connectivity index (χ1) is 21.3. The molecule has 14 heteroatoms. The summed E-state index contributed by atoms with van der Waals surface area (Å²) in [7, 11) is 2.59. The average Bonchev–Trinajstić information content (AvgIpc) is 3.43. The summed E-state index contributed by atoms with van der Waals surface area (Å²) in [5.41, 5.74) is -1.23. The molecule has 0 aliphatic heterocycles. The minimum Gasteiger partial charge on any atom is -0.493 e. The van der Waals surface area contributed by atoms with Crippen LogP contribution in [0.3, 0.4) is 0 Å². The quantitative estimate of drug-likeness (QED) is 0.117. The lowest BCUT2D eigenvalue weighted by atomic mass is 9.87. The molecule has 2 N–H and O–H groups in total. The predicted molar refractivity (Wildman–Crippen MR) is 159 cm³/mol. The number of ether oxygens (including phenoxy) is 4. The lowest BCUT2D eigenvalue weighted by Gasteiger charge is -2.16. The molecule has 4 aromatic rings. The number of rotatable bonds is 15. The largest absolute Gasteiger partial charge is 0.493 e. The molecule has 0 aliphatic carbocycles. The lowest BCUT2D eigenvalue weighted by molar-refractivity contribution is -0.146. The van der Waals surface area contributed by atoms with Gasteiger partial charge in [0.25, 0.3) is 0 Å². The van der Waals surface area contributed by atoms with Gasteiger partial charge in [-0.1, -0.05) is 0 Å². The maximum Gasteiger partial charge on any atom is 0.309 e. The zero-order valence-corrected chi connectivity index (χ0v) is 25.5. The Kier molecular flexibility index (Phi) is 9.86. The van der Waals surface area contributed by atoms with Crippen molar-refractivity contribution in [3.8, 4) is 23.0 Å². The number of halogens is 2. The number of aromatic nitrogens is 1. The van der Waals surface area contributed by atoms with Gasteiger partial charge >= 0.3 is 11.9 Å². The van der Waals surface area contributed by atoms with Crippen LogP contribution in [0.4, 0.5) is 8.78 Å². The normalized spacial score (nSPS) is 11.4. The van der Waals surface area contributed by atoms with E-state index in [0.717, 1.165) is 11.3 Å². The Hall–Kier alpha value is -4.85. The van der Waals surface area contributed by atoms with Crippen LogP contribution >= 0.6 is 11.3 Å². The molecular formula is C31H29F2NO10S. The monoisotopic (exact) mass is 645 g/mol. The molecule has 45 heavy (non-hydrogen) atoms. The third-order valence-corrected chi connectivity index (χ3v) is 7.98. The van der Waals surface area contributed by atoms with E-state index in [4.69, 9.17) is 24.1 Å². The molecule has 4 rings (SSSR count). The number of carbonyl (C=O) groups excluding carboxylic acids is 2. The van der Waals surface area contributed by atoms with Gasteiger partial charge in [-0.3, -0.25) is 19.2 Å². The van der Waals surface area contributed by atoms with Crippen LogP contribution < -0.4 is 18.9 Å². The van der Waals surface area contributed by atoms with Crippen molar-refractivity contribution >= 4 is 55.8 Å². The first-order valence-corrected chi connectivity index (χ1v) is 14.3. The number of Topliss-reactive ketones (excluding diaryl/α,β-unsaturated/α-hetero) is 2. The first-order valence-electron chi connectivity index (χ1n) is 13.5. The van der Waals surface area contributed by atoms with Gasteiger partial charge in [-0.15, -0.1) is 11.3 Å². The van der Waals surface area contributed by atoms with Crippen molar-refractivity contribution in [2.24, 2.45) is 5.41 Å². The number of nitrogens with zero attached hydrogens (tertiary/aromatic N) is 1. The summed E-state index contributed by atoms with van der Waals surface area (Å²) in [4.78, 5) is 51.6. The standard InChI is InChI=1S/C31H29F2NO10S/c1-31(2,30(39)40)14-20(36)24-11-16-23(45-24)13-22(42-4)29(27(16)33)44-10-9-43-28-21(41-3)12-18-15(26(28)32)5-6-17(34-18)19(35)7-8-25(37)38/h5-6,11-13H,7-10,14H2,1-4H3,(H,37,38)(H,39,40). The van der Waals surface area contributed by atoms with Gasteiger partial charge in [0.15, 0.2) is 46.2 Å². The van der Waals surface area contributed by atoms with Crippen molar-refractivity contribution in [3.63, 3.8) is 0 Å². The highest BCUT2D eigenvalue weighted by molar-refractivity contribution is 7.20. The molecule has 2 heterocycles. The van der Waals surface area contributed by atoms with Crippen molar-refractivity contribution in [2.45, 2.75) is 33.1 Å². The number of carboxylic acid groups (broad SMARTS) is 2. The van der Waals surface area contributed by atoms with E-state index in [1.54, 1.807) is 0 Å². The van der Waals surface area contributed by atoms with Crippen molar-refractivity contribution in [2.75, 3.05) is 27.4 Å². The van der Waals surface area contributed by atoms with Crippen LogP contribution in [0.2, 0.25) is 0 Å². The van der Waals surface area contributed by atoms with Gasteiger partial charge in [0, 0.05) is 40.4 Å². The van der Waals surface area contributed by atoms with E-state index in [1.807, 2.05) is 0 Å². The maximum absolute atomic E-state index is 15.6. The Balaban J connectivity index is 1.51. The SMILES string of the molecule is COc1cc2nc(C(=O)CCC(=O)O)ccc2c(F)c1OCCOc1c(OC)cc2sc(C(=O)CC(C)(C)C(=O)O)cc2c1F. The summed E-state index contributed by atoms with van der Waals surface area (Å²) in [6, 6.07) is 6.82. The van der Waals surface area contributed by atoms with Crippen molar-refractivity contribution in [1.82, 2.24) is 4.98 Å². The van der Waals surface area contributed by atoms with Crippen molar-refractivity contribution < 1.29 is 57.1 Å². The number of hydrogen-bond donors (Lipinski definition) is 2. The molecule has 0 saturated heterocycles. The molecule has 2 aromatic carbocycles. The second-order valence-corrected chi connectivity index (χ2v) is 11.6. The van der Waals surface area contributed by atoms with E-state index in [0.29, 0.717) is 4.70 Å². The molecule has 0 bridgehead atoms. The minimum atomic E-state index is -1.30. The summed E-state index contributed by atoms with van der Waals surface area (Å²) in [6.07, 6.45) is -0.898. The number of carbonyl (C=O) groups is 4. The highest BCUT2D eigenvalue weighted by Gasteiger charge is 2.31. The van der Waals surface area contributed by atoms with Gasteiger partial charge < -0.3 is 29.2 Å². The topological polar surface area (TPSA) is 159 Å². The van der Waals surface area contributed by atoms with E-state index in [1.165, 1.54) is 58.4 Å². The number of thiophene rings is 1. The fourth-order valence-corrected chi connectivity index (χ4v) is 5.38. The van der Waals surface area contributed by atoms with Gasteiger partial charge in [-0.2, -0.15) is 0 Å². The number of aliphatic carboxylic acids is 2. The highest BCUT2D eigenvalue weighted by Crippen LogP contribution is 2.41. The van der Waals surface area contributed by atoms with E-state index in [9.17, 15) is 24.3 Å². The Morgan fingerprint density at radius 3 is 2.02 bits per heavy atom. The Bertz CT molecular complexity index is 1820. The molecular weight excluding hydrogens is 616 g/mol. The fourth-order valence-electron chi connectivity index (χ4n) is 4.35. The molecule has 0 saturated carbocycles. The van der Waals surface area contributed by atoms with E-state index in [2.05, 4.69) is 4.98 Å². The number of pyridine rings is 1. The summed E-state index contributed by atoms with van der Waals surface area (Å²) in [5, 5.41) is 18.3. The van der Waals surface area contributed by atoms with Crippen LogP contribution in [-0.2, 0) is 9.59 Å². The van der Waals surface area contributed by atoms with Crippen LogP contribution in [0.15, 0.2) is 30.3 Å². The molecule has 0 radical (unpaired) electrons. The Morgan fingerprint density at radius 2 is 1.44 bits per heavy atom. The van der Waals surface area contributed by atoms with E-state index in [-0.39, 0.29) is 82.3 Å². The molecule has 11 nitrogen and oxygen atoms in total. The average molecular weight is 646 g/mol. The van der Waals surface area contributed by atoms with Gasteiger partial charge in [0.1, 0.15) is 18.9 Å². The molecule has 0 amide bonds. The van der Waals surface area contributed by atoms with Gasteiger partial charge in [0.05, 0.1) is 36.4 Å². The first kappa shape index (κ1) is 33.1. The lowest BCUT2D eigenvalue weighted by Crippen LogP contribution is -2.26. The van der Waals surface area contributed by atoms with Crippen LogP contribution in [0, 0.1) is 17.0 Å². The van der Waals surface area contributed by atoms with Gasteiger partial charge in [0.2, 0.25) is 0 Å². The highest BCUT2D eigenvalue weighted by atomic mass is 32.1. The summed E-state index contributed by atoms with van der Waals surface area (Å²) in [5.74, 6) is -5.36. The Morgan fingerprint density at radius 1 is 0.844 bits per heavy atom. The molecule has 0 unspecified atom stereocenters. The van der Waals surface area contributed by atoms with E-state index < -0.39 is 40.6 Å². The number of ketones is 2. The molecule has 2 aromatic heterocycles. The van der Waals surface area contributed by atoms with Crippen LogP contribution in [0.1, 0.15) is 53.3 Å². The molecule has 0 fully saturated rings. The summed E-state index contributed by atoms with van der Waals surface area (Å²) in [6.45, 7) is 2.35. The van der Waals surface area contributed by atoms with Crippen molar-refractivity contribution in [1.29, 1.82) is 0 Å². The third-order valence-electron chi connectivity index (χ3n) is 6.86. The van der Waals surface area contributed by atoms with Crippen LogP contribution in [-0.4, -0.2) is 66.1 Å². The zero-order chi connectivity index (χ0) is 33.1. The number of fused-ring (bicyclic) bond motifs is 2. The second kappa shape index (κ2) is 13.4. The number of benzene rings is 2. The maximum atomic E-state index is 15.6. The predicted octanol–water partition coefficient (Wildman–Crippen LogP) is 5.93.